The summed E-state index contributed by atoms with van der Waals surface area (Å²) in [6.07, 6.45) is 0.156. The molecule has 0 aliphatic carbocycles. The van der Waals surface area contributed by atoms with Gasteiger partial charge in [-0.2, -0.15) is 0 Å². The molecule has 0 aliphatic rings. The van der Waals surface area contributed by atoms with Crippen molar-refractivity contribution in [3.05, 3.63) is 58.1 Å². The van der Waals surface area contributed by atoms with Crippen LogP contribution in [-0.4, -0.2) is 42.9 Å². The van der Waals surface area contributed by atoms with Gasteiger partial charge < -0.3 is 19.3 Å². The first-order valence-corrected chi connectivity index (χ1v) is 10.3. The van der Waals surface area contributed by atoms with Crippen molar-refractivity contribution in [1.82, 2.24) is 0 Å². The molecule has 1 N–H and O–H groups in total. The maximum absolute atomic E-state index is 12.1. The molecule has 0 fully saturated rings. The van der Waals surface area contributed by atoms with Crippen molar-refractivity contribution in [2.75, 3.05) is 20.8 Å². The lowest BCUT2D eigenvalue weighted by molar-refractivity contribution is -0.387. The van der Waals surface area contributed by atoms with Crippen LogP contribution >= 0.6 is 11.8 Å². The molecule has 9 heteroatoms. The van der Waals surface area contributed by atoms with E-state index in [4.69, 9.17) is 14.2 Å². The Kier molecular flexibility index (Phi) is 8.94. The first kappa shape index (κ1) is 23.5. The number of benzene rings is 2. The largest absolute Gasteiger partial charge is 0.497 e. The summed E-state index contributed by atoms with van der Waals surface area (Å²) >= 11 is 0.988. The average molecular weight is 435 g/mol. The Bertz CT molecular complexity index is 857. The first-order valence-electron chi connectivity index (χ1n) is 9.39. The van der Waals surface area contributed by atoms with Crippen LogP contribution in [-0.2, 0) is 9.53 Å². The molecule has 30 heavy (non-hydrogen) atoms. The van der Waals surface area contributed by atoms with E-state index in [9.17, 15) is 20.0 Å². The number of hydrogen-bond acceptors (Lipinski definition) is 8. The number of thioether (sulfide) groups is 1. The van der Waals surface area contributed by atoms with Crippen LogP contribution in [0.15, 0.2) is 47.4 Å². The van der Waals surface area contributed by atoms with Crippen LogP contribution in [0.1, 0.15) is 30.6 Å². The SMILES string of the molecule is CCCCOc1cccc([N+](=O)[O-])c1S[C@H](c1ccc(OC)cc1)[C@@H](O)C(=O)OC. The third-order valence-corrected chi connectivity index (χ3v) is 5.76. The molecule has 0 bridgehead atoms. The van der Waals surface area contributed by atoms with Crippen LogP contribution in [0.25, 0.3) is 0 Å². The number of esters is 1. The number of aliphatic hydroxyl groups excluding tert-OH is 1. The molecule has 0 saturated carbocycles. The summed E-state index contributed by atoms with van der Waals surface area (Å²) in [5.41, 5.74) is 0.418. The van der Waals surface area contributed by atoms with Gasteiger partial charge in [0.1, 0.15) is 16.4 Å². The molecule has 8 nitrogen and oxygen atoms in total. The zero-order valence-corrected chi connectivity index (χ0v) is 17.9. The lowest BCUT2D eigenvalue weighted by Gasteiger charge is -2.22. The molecule has 2 aromatic rings. The predicted octanol–water partition coefficient (Wildman–Crippen LogP) is 4.15. The highest BCUT2D eigenvalue weighted by Gasteiger charge is 2.33. The van der Waals surface area contributed by atoms with E-state index in [1.165, 1.54) is 20.3 Å². The normalized spacial score (nSPS) is 12.7. The fourth-order valence-electron chi connectivity index (χ4n) is 2.69. The summed E-state index contributed by atoms with van der Waals surface area (Å²) in [7, 11) is 2.70. The summed E-state index contributed by atoms with van der Waals surface area (Å²) in [6.45, 7) is 2.41. The number of ether oxygens (including phenoxy) is 3. The van der Waals surface area contributed by atoms with Gasteiger partial charge in [-0.3, -0.25) is 10.1 Å². The van der Waals surface area contributed by atoms with Gasteiger partial charge in [0.25, 0.3) is 5.69 Å². The molecule has 0 unspecified atom stereocenters. The van der Waals surface area contributed by atoms with E-state index >= 15 is 0 Å². The Balaban J connectivity index is 2.49. The van der Waals surface area contributed by atoms with Gasteiger partial charge in [-0.15, -0.1) is 11.8 Å². The van der Waals surface area contributed by atoms with E-state index in [0.717, 1.165) is 24.6 Å². The molecule has 0 radical (unpaired) electrons. The molecular formula is C21H25NO7S. The van der Waals surface area contributed by atoms with E-state index in [-0.39, 0.29) is 10.6 Å². The highest BCUT2D eigenvalue weighted by Crippen LogP contribution is 2.46. The molecule has 0 amide bonds. The van der Waals surface area contributed by atoms with E-state index in [2.05, 4.69) is 0 Å². The molecule has 2 aromatic carbocycles. The molecule has 0 aromatic heterocycles. The van der Waals surface area contributed by atoms with Crippen molar-refractivity contribution in [2.45, 2.75) is 36.0 Å². The smallest absolute Gasteiger partial charge is 0.336 e. The summed E-state index contributed by atoms with van der Waals surface area (Å²) in [5, 5.41) is 21.4. The number of unbranched alkanes of at least 4 members (excludes halogenated alkanes) is 1. The predicted molar refractivity (Wildman–Crippen MR) is 113 cm³/mol. The van der Waals surface area contributed by atoms with E-state index < -0.39 is 22.2 Å². The summed E-state index contributed by atoms with van der Waals surface area (Å²) in [4.78, 5) is 23.4. The number of nitro benzene ring substituents is 1. The standard InChI is InChI=1S/C21H25NO7S/c1-4-5-13-29-17-8-6-7-16(22(25)26)20(17)30-19(18(23)21(24)28-3)14-9-11-15(27-2)12-10-14/h6-12,18-19,23H,4-5,13H2,1-3H3/t18-,19-/m1/s1. The van der Waals surface area contributed by atoms with Gasteiger partial charge in [0.05, 0.1) is 31.0 Å². The van der Waals surface area contributed by atoms with Gasteiger partial charge >= 0.3 is 5.97 Å². The van der Waals surface area contributed by atoms with Crippen molar-refractivity contribution in [3.63, 3.8) is 0 Å². The number of carbonyl (C=O) groups excluding carboxylic acids is 1. The maximum atomic E-state index is 12.1. The van der Waals surface area contributed by atoms with Gasteiger partial charge in [-0.25, -0.2) is 4.79 Å². The number of methoxy groups -OCH3 is 2. The second kappa shape index (κ2) is 11.4. The van der Waals surface area contributed by atoms with Crippen molar-refractivity contribution in [3.8, 4) is 11.5 Å². The third kappa shape index (κ3) is 5.87. The molecular weight excluding hydrogens is 410 g/mol. The van der Waals surface area contributed by atoms with Gasteiger partial charge in [0.2, 0.25) is 0 Å². The van der Waals surface area contributed by atoms with Crippen molar-refractivity contribution in [2.24, 2.45) is 0 Å². The third-order valence-electron chi connectivity index (χ3n) is 4.33. The molecule has 2 atom stereocenters. The van der Waals surface area contributed by atoms with E-state index in [0.29, 0.717) is 23.7 Å². The molecule has 2 rings (SSSR count). The molecule has 0 heterocycles. The van der Waals surface area contributed by atoms with Crippen LogP contribution in [0, 0.1) is 10.1 Å². The highest BCUT2D eigenvalue weighted by atomic mass is 32.2. The van der Waals surface area contributed by atoms with Crippen LogP contribution in [0.4, 0.5) is 5.69 Å². The highest BCUT2D eigenvalue weighted by molar-refractivity contribution is 7.99. The van der Waals surface area contributed by atoms with Crippen LogP contribution < -0.4 is 9.47 Å². The van der Waals surface area contributed by atoms with Crippen LogP contribution in [0.3, 0.4) is 0 Å². The number of aliphatic hydroxyl groups is 1. The number of hydrogen-bond donors (Lipinski definition) is 1. The zero-order chi connectivity index (χ0) is 22.1. The minimum atomic E-state index is -1.54. The van der Waals surface area contributed by atoms with Crippen molar-refractivity contribution in [1.29, 1.82) is 0 Å². The summed E-state index contributed by atoms with van der Waals surface area (Å²) in [5.74, 6) is 0.0953. The first-order chi connectivity index (χ1) is 14.4. The van der Waals surface area contributed by atoms with Gasteiger partial charge in [0.15, 0.2) is 6.10 Å². The second-order valence-electron chi connectivity index (χ2n) is 6.34. The van der Waals surface area contributed by atoms with Crippen LogP contribution in [0.2, 0.25) is 0 Å². The topological polar surface area (TPSA) is 108 Å². The Morgan fingerprint density at radius 3 is 2.47 bits per heavy atom. The van der Waals surface area contributed by atoms with Crippen molar-refractivity contribution < 1.29 is 29.0 Å². The van der Waals surface area contributed by atoms with Gasteiger partial charge in [-0.05, 0) is 30.2 Å². The molecule has 0 saturated heterocycles. The van der Waals surface area contributed by atoms with Crippen LogP contribution in [0.5, 0.6) is 11.5 Å². The van der Waals surface area contributed by atoms with E-state index in [1.54, 1.807) is 36.4 Å². The van der Waals surface area contributed by atoms with Gasteiger partial charge in [-0.1, -0.05) is 31.5 Å². The van der Waals surface area contributed by atoms with Crippen molar-refractivity contribution >= 4 is 23.4 Å². The lowest BCUT2D eigenvalue weighted by atomic mass is 10.1. The lowest BCUT2D eigenvalue weighted by Crippen LogP contribution is -2.27. The second-order valence-corrected chi connectivity index (χ2v) is 7.49. The fraction of sp³-hybridized carbons (Fsp3) is 0.381. The number of carbonyl (C=O) groups is 1. The zero-order valence-electron chi connectivity index (χ0n) is 17.1. The van der Waals surface area contributed by atoms with E-state index in [1.807, 2.05) is 6.92 Å². The van der Waals surface area contributed by atoms with Gasteiger partial charge in [0, 0.05) is 6.07 Å². The fourth-order valence-corrected chi connectivity index (χ4v) is 3.98. The minimum Gasteiger partial charge on any atom is -0.497 e. The Morgan fingerprint density at radius 1 is 1.20 bits per heavy atom. The maximum Gasteiger partial charge on any atom is 0.336 e. The molecule has 162 valence electrons. The average Bonchev–Trinajstić information content (AvgIpc) is 2.77. The number of rotatable bonds is 11. The Morgan fingerprint density at radius 2 is 1.90 bits per heavy atom. The Hall–Kier alpha value is -2.78. The Labute approximate surface area is 179 Å². The minimum absolute atomic E-state index is 0.162. The molecule has 0 aliphatic heterocycles. The quantitative estimate of drug-likeness (QED) is 0.184. The number of nitrogens with zero attached hydrogens (tertiary/aromatic N) is 1. The molecule has 0 spiro atoms. The monoisotopic (exact) mass is 435 g/mol. The summed E-state index contributed by atoms with van der Waals surface area (Å²) in [6, 6.07) is 11.3. The summed E-state index contributed by atoms with van der Waals surface area (Å²) < 4.78 is 15.6. The number of nitro groups is 1.